The molecule has 0 radical (unpaired) electrons. The Balaban J connectivity index is 1.83. The van der Waals surface area contributed by atoms with E-state index >= 15 is 0 Å². The number of carbonyl (C=O) groups is 1. The molecule has 0 aromatic rings. The predicted octanol–water partition coefficient (Wildman–Crippen LogP) is 4.58. The van der Waals surface area contributed by atoms with Crippen LogP contribution < -0.4 is 0 Å². The van der Waals surface area contributed by atoms with Gasteiger partial charge < -0.3 is 20.1 Å². The van der Waals surface area contributed by atoms with Crippen LogP contribution in [0.2, 0.25) is 0 Å². The monoisotopic (exact) mass is 422 g/mol. The van der Waals surface area contributed by atoms with Gasteiger partial charge in [0, 0.05) is 12.5 Å². The molecular formula is C25H42O5. The van der Waals surface area contributed by atoms with Crippen LogP contribution in [0.5, 0.6) is 0 Å². The van der Waals surface area contributed by atoms with E-state index in [4.69, 9.17) is 9.84 Å². The van der Waals surface area contributed by atoms with E-state index in [1.807, 2.05) is 6.08 Å². The zero-order chi connectivity index (χ0) is 22.3. The normalized spacial score (nSPS) is 29.9. The number of ether oxygens (including phenoxy) is 1. The second-order valence-electron chi connectivity index (χ2n) is 10.4. The lowest BCUT2D eigenvalue weighted by Gasteiger charge is -2.29. The van der Waals surface area contributed by atoms with E-state index < -0.39 is 12.1 Å². The van der Waals surface area contributed by atoms with E-state index in [0.717, 1.165) is 44.9 Å². The Morgan fingerprint density at radius 3 is 2.63 bits per heavy atom. The molecule has 172 valence electrons. The van der Waals surface area contributed by atoms with E-state index in [1.54, 1.807) is 0 Å². The summed E-state index contributed by atoms with van der Waals surface area (Å²) in [7, 11) is 0. The molecule has 5 heteroatoms. The number of allylic oxidation sites excluding steroid dienone is 2. The van der Waals surface area contributed by atoms with E-state index in [2.05, 4.69) is 39.8 Å². The number of aliphatic hydroxyl groups is 2. The van der Waals surface area contributed by atoms with E-state index in [0.29, 0.717) is 24.4 Å². The highest BCUT2D eigenvalue weighted by molar-refractivity contribution is 5.67. The topological polar surface area (TPSA) is 87.0 Å². The van der Waals surface area contributed by atoms with Gasteiger partial charge in [-0.2, -0.15) is 0 Å². The van der Waals surface area contributed by atoms with Crippen molar-refractivity contribution < 1.29 is 24.9 Å². The van der Waals surface area contributed by atoms with Crippen molar-refractivity contribution in [1.82, 2.24) is 0 Å². The zero-order valence-corrected chi connectivity index (χ0v) is 19.2. The number of carboxylic acids is 1. The highest BCUT2D eigenvalue weighted by Crippen LogP contribution is 2.51. The summed E-state index contributed by atoms with van der Waals surface area (Å²) in [4.78, 5) is 10.5. The summed E-state index contributed by atoms with van der Waals surface area (Å²) >= 11 is 0. The molecule has 5 nitrogen and oxygen atoms in total. The number of hydrogen-bond acceptors (Lipinski definition) is 4. The van der Waals surface area contributed by atoms with Crippen molar-refractivity contribution in [3.63, 3.8) is 0 Å². The molecule has 3 N–H and O–H groups in total. The number of rotatable bonds is 12. The lowest BCUT2D eigenvalue weighted by atomic mass is 9.80. The van der Waals surface area contributed by atoms with Gasteiger partial charge in [-0.05, 0) is 82.0 Å². The maximum absolute atomic E-state index is 10.8. The Kier molecular flexibility index (Phi) is 9.58. The van der Waals surface area contributed by atoms with Crippen LogP contribution in [0.4, 0.5) is 0 Å². The third-order valence-corrected chi connectivity index (χ3v) is 7.12. The van der Waals surface area contributed by atoms with Gasteiger partial charge in [0.2, 0.25) is 0 Å². The minimum Gasteiger partial charge on any atom is -0.480 e. The summed E-state index contributed by atoms with van der Waals surface area (Å²) in [5, 5.41) is 30.0. The van der Waals surface area contributed by atoms with Gasteiger partial charge in [-0.15, -0.1) is 0 Å². The van der Waals surface area contributed by atoms with Crippen molar-refractivity contribution in [2.75, 3.05) is 13.2 Å². The average Bonchev–Trinajstić information content (AvgIpc) is 3.16. The Bertz CT molecular complexity index is 605. The molecule has 6 atom stereocenters. The molecule has 0 aromatic carbocycles. The van der Waals surface area contributed by atoms with Crippen molar-refractivity contribution in [2.45, 2.75) is 84.8 Å². The van der Waals surface area contributed by atoms with Gasteiger partial charge in [0.05, 0.1) is 12.2 Å². The van der Waals surface area contributed by atoms with Crippen LogP contribution >= 0.6 is 0 Å². The number of aliphatic carboxylic acids is 1. The van der Waals surface area contributed by atoms with Crippen molar-refractivity contribution in [3.8, 4) is 0 Å². The van der Waals surface area contributed by atoms with Crippen LogP contribution in [0.1, 0.15) is 72.6 Å². The summed E-state index contributed by atoms with van der Waals surface area (Å²) < 4.78 is 5.20. The summed E-state index contributed by atoms with van der Waals surface area (Å²) in [6.07, 6.45) is 12.3. The molecule has 0 aliphatic heterocycles. The zero-order valence-electron chi connectivity index (χ0n) is 19.2. The summed E-state index contributed by atoms with van der Waals surface area (Å²) in [5.74, 6) is 0.691. The maximum atomic E-state index is 10.8. The lowest BCUT2D eigenvalue weighted by Crippen LogP contribution is -2.28. The van der Waals surface area contributed by atoms with Crippen LogP contribution in [-0.2, 0) is 9.53 Å². The van der Waals surface area contributed by atoms with Crippen LogP contribution in [0, 0.1) is 29.1 Å². The lowest BCUT2D eigenvalue weighted by molar-refractivity contribution is -0.142. The molecule has 2 aliphatic rings. The molecule has 0 heterocycles. The Labute approximate surface area is 182 Å². The van der Waals surface area contributed by atoms with Crippen LogP contribution in [0.25, 0.3) is 0 Å². The van der Waals surface area contributed by atoms with Crippen molar-refractivity contribution in [2.24, 2.45) is 29.1 Å². The molecular weight excluding hydrogens is 380 g/mol. The quantitative estimate of drug-likeness (QED) is 0.316. The molecule has 2 fully saturated rings. The third-order valence-electron chi connectivity index (χ3n) is 7.12. The van der Waals surface area contributed by atoms with Crippen LogP contribution in [0.15, 0.2) is 23.8 Å². The largest absolute Gasteiger partial charge is 0.480 e. The van der Waals surface area contributed by atoms with E-state index in [1.165, 1.54) is 5.57 Å². The number of carboxylic acid groups (broad SMARTS) is 1. The molecule has 0 aromatic heterocycles. The van der Waals surface area contributed by atoms with E-state index in [9.17, 15) is 15.0 Å². The van der Waals surface area contributed by atoms with Gasteiger partial charge >= 0.3 is 5.97 Å². The SMILES string of the molecule is CC(C)=CCCCC(C)(C)C(O)C=C[C@H]1[C@@H]2CC(CCOCC(=O)O)C[C@H]2C[C@@H]1O. The van der Waals surface area contributed by atoms with Crippen molar-refractivity contribution >= 4 is 5.97 Å². The molecule has 30 heavy (non-hydrogen) atoms. The first-order valence-electron chi connectivity index (χ1n) is 11.6. The molecule has 0 bridgehead atoms. The Morgan fingerprint density at radius 2 is 1.97 bits per heavy atom. The minimum absolute atomic E-state index is 0.107. The fraction of sp³-hybridized carbons (Fsp3) is 0.800. The van der Waals surface area contributed by atoms with Gasteiger partial charge in [0.25, 0.3) is 0 Å². The molecule has 0 spiro atoms. The highest BCUT2D eigenvalue weighted by atomic mass is 16.5. The molecule has 0 saturated heterocycles. The van der Waals surface area contributed by atoms with Crippen molar-refractivity contribution in [3.05, 3.63) is 23.8 Å². The first-order valence-corrected chi connectivity index (χ1v) is 11.6. The molecule has 2 unspecified atom stereocenters. The first-order chi connectivity index (χ1) is 14.1. The fourth-order valence-corrected chi connectivity index (χ4v) is 5.28. The minimum atomic E-state index is -0.926. The Morgan fingerprint density at radius 1 is 1.23 bits per heavy atom. The standard InChI is InChI=1S/C25H42O5/c1-17(2)7-5-6-11-25(3,4)23(27)9-8-20-21-14-18(10-12-30-16-24(28)29)13-19(21)15-22(20)26/h7-9,18-23,26-27H,5-6,10-16H2,1-4H3,(H,28,29)/t18?,19-,20-,21+,22-,23?/m0/s1. The number of unbranched alkanes of at least 4 members (excludes halogenated alkanes) is 1. The molecule has 2 saturated carbocycles. The number of aliphatic hydroxyl groups excluding tert-OH is 2. The fourth-order valence-electron chi connectivity index (χ4n) is 5.28. The van der Waals surface area contributed by atoms with Gasteiger partial charge in [0.15, 0.2) is 0 Å². The Hall–Kier alpha value is -1.17. The van der Waals surface area contributed by atoms with Crippen LogP contribution in [-0.4, -0.2) is 46.7 Å². The van der Waals surface area contributed by atoms with Gasteiger partial charge in [-0.3, -0.25) is 0 Å². The highest BCUT2D eigenvalue weighted by Gasteiger charge is 2.46. The average molecular weight is 423 g/mol. The summed E-state index contributed by atoms with van der Waals surface area (Å²) in [6.45, 7) is 8.70. The predicted molar refractivity (Wildman–Crippen MR) is 119 cm³/mol. The van der Waals surface area contributed by atoms with Gasteiger partial charge in [-0.1, -0.05) is 37.6 Å². The van der Waals surface area contributed by atoms with Crippen LogP contribution in [0.3, 0.4) is 0 Å². The first kappa shape index (κ1) is 25.1. The third kappa shape index (κ3) is 7.51. The second-order valence-corrected chi connectivity index (χ2v) is 10.4. The molecule has 0 amide bonds. The van der Waals surface area contributed by atoms with Crippen molar-refractivity contribution in [1.29, 1.82) is 0 Å². The molecule has 2 aliphatic carbocycles. The molecule has 2 rings (SSSR count). The number of hydrogen-bond donors (Lipinski definition) is 3. The van der Waals surface area contributed by atoms with E-state index in [-0.39, 0.29) is 24.0 Å². The smallest absolute Gasteiger partial charge is 0.329 e. The number of fused-ring (bicyclic) bond motifs is 1. The summed E-state index contributed by atoms with van der Waals surface area (Å²) in [5.41, 5.74) is 1.15. The second kappa shape index (κ2) is 11.4. The summed E-state index contributed by atoms with van der Waals surface area (Å²) in [6, 6.07) is 0. The van der Waals surface area contributed by atoms with Gasteiger partial charge in [0.1, 0.15) is 6.61 Å². The van der Waals surface area contributed by atoms with Gasteiger partial charge in [-0.25, -0.2) is 4.79 Å². The maximum Gasteiger partial charge on any atom is 0.329 e.